The standard InChI is InChI=1S/C11H17NO2/c1-9(8-13)12-7-11(14)10-5-3-2-4-6-10/h2-6,9,11-14H,7-8H2,1H3/t9-,11-/m1/s1. The molecule has 0 unspecified atom stereocenters. The number of aliphatic hydroxyl groups is 2. The maximum atomic E-state index is 9.72. The van der Waals surface area contributed by atoms with Crippen molar-refractivity contribution < 1.29 is 10.2 Å². The van der Waals surface area contributed by atoms with E-state index in [1.807, 2.05) is 37.3 Å². The van der Waals surface area contributed by atoms with E-state index in [0.717, 1.165) is 5.56 Å². The molecule has 0 radical (unpaired) electrons. The van der Waals surface area contributed by atoms with E-state index in [2.05, 4.69) is 5.32 Å². The maximum absolute atomic E-state index is 9.72. The third-order valence-electron chi connectivity index (χ3n) is 2.12. The molecule has 0 aliphatic carbocycles. The fourth-order valence-corrected chi connectivity index (χ4v) is 1.17. The van der Waals surface area contributed by atoms with Gasteiger partial charge in [-0.1, -0.05) is 30.3 Å². The molecule has 0 aliphatic heterocycles. The number of nitrogens with one attached hydrogen (secondary N) is 1. The minimum absolute atomic E-state index is 0.0216. The van der Waals surface area contributed by atoms with Gasteiger partial charge in [-0.2, -0.15) is 0 Å². The Labute approximate surface area is 84.4 Å². The molecule has 0 saturated carbocycles. The smallest absolute Gasteiger partial charge is 0.0914 e. The van der Waals surface area contributed by atoms with Gasteiger partial charge in [0.05, 0.1) is 12.7 Å². The molecule has 3 nitrogen and oxygen atoms in total. The first-order valence-corrected chi connectivity index (χ1v) is 4.81. The molecule has 3 N–H and O–H groups in total. The van der Waals surface area contributed by atoms with Gasteiger partial charge >= 0.3 is 0 Å². The Morgan fingerprint density at radius 2 is 1.93 bits per heavy atom. The van der Waals surface area contributed by atoms with Gasteiger partial charge in [-0.05, 0) is 12.5 Å². The summed E-state index contributed by atoms with van der Waals surface area (Å²) in [5, 5.41) is 21.5. The highest BCUT2D eigenvalue weighted by atomic mass is 16.3. The average molecular weight is 195 g/mol. The van der Waals surface area contributed by atoms with E-state index < -0.39 is 6.10 Å². The van der Waals surface area contributed by atoms with Crippen LogP contribution in [0.15, 0.2) is 30.3 Å². The Morgan fingerprint density at radius 1 is 1.29 bits per heavy atom. The van der Waals surface area contributed by atoms with Crippen LogP contribution in [0.2, 0.25) is 0 Å². The normalized spacial score (nSPS) is 15.1. The molecule has 1 aromatic rings. The lowest BCUT2D eigenvalue weighted by Crippen LogP contribution is -2.32. The first-order chi connectivity index (χ1) is 6.74. The largest absolute Gasteiger partial charge is 0.395 e. The number of benzene rings is 1. The van der Waals surface area contributed by atoms with E-state index in [1.54, 1.807) is 0 Å². The lowest BCUT2D eigenvalue weighted by molar-refractivity contribution is 0.161. The van der Waals surface area contributed by atoms with Crippen LogP contribution in [-0.2, 0) is 0 Å². The van der Waals surface area contributed by atoms with Crippen LogP contribution < -0.4 is 5.32 Å². The summed E-state index contributed by atoms with van der Waals surface area (Å²) in [6, 6.07) is 9.50. The summed E-state index contributed by atoms with van der Waals surface area (Å²) in [6.45, 7) is 2.42. The third-order valence-corrected chi connectivity index (χ3v) is 2.12. The zero-order chi connectivity index (χ0) is 10.4. The highest BCUT2D eigenvalue weighted by molar-refractivity contribution is 5.17. The first-order valence-electron chi connectivity index (χ1n) is 4.81. The summed E-state index contributed by atoms with van der Waals surface area (Å²) in [5.41, 5.74) is 0.894. The van der Waals surface area contributed by atoms with Crippen LogP contribution >= 0.6 is 0 Å². The molecule has 1 rings (SSSR count). The van der Waals surface area contributed by atoms with Crippen LogP contribution in [0.3, 0.4) is 0 Å². The average Bonchev–Trinajstić information content (AvgIpc) is 2.26. The predicted octanol–water partition coefficient (Wildman–Crippen LogP) is 0.690. The third kappa shape index (κ3) is 3.46. The summed E-state index contributed by atoms with van der Waals surface area (Å²) < 4.78 is 0. The second kappa shape index (κ2) is 5.75. The van der Waals surface area contributed by atoms with Gasteiger partial charge in [-0.3, -0.25) is 0 Å². The highest BCUT2D eigenvalue weighted by Gasteiger charge is 2.07. The van der Waals surface area contributed by atoms with Crippen molar-refractivity contribution in [3.63, 3.8) is 0 Å². The zero-order valence-corrected chi connectivity index (χ0v) is 8.35. The Kier molecular flexibility index (Phi) is 4.59. The summed E-state index contributed by atoms with van der Waals surface area (Å²) in [4.78, 5) is 0. The summed E-state index contributed by atoms with van der Waals surface area (Å²) in [6.07, 6.45) is -0.509. The molecular formula is C11H17NO2. The first kappa shape index (κ1) is 11.2. The van der Waals surface area contributed by atoms with Gasteiger partial charge in [0.1, 0.15) is 0 Å². The van der Waals surface area contributed by atoms with E-state index in [-0.39, 0.29) is 12.6 Å². The quantitative estimate of drug-likeness (QED) is 0.648. The van der Waals surface area contributed by atoms with Crippen molar-refractivity contribution in [2.75, 3.05) is 13.2 Å². The summed E-state index contributed by atoms with van der Waals surface area (Å²) >= 11 is 0. The van der Waals surface area contributed by atoms with Crippen LogP contribution in [0.1, 0.15) is 18.6 Å². The molecule has 0 spiro atoms. The Balaban J connectivity index is 2.39. The van der Waals surface area contributed by atoms with Crippen molar-refractivity contribution >= 4 is 0 Å². The van der Waals surface area contributed by atoms with E-state index >= 15 is 0 Å². The van der Waals surface area contributed by atoms with Crippen LogP contribution in [0.25, 0.3) is 0 Å². The minimum Gasteiger partial charge on any atom is -0.395 e. The number of aliphatic hydroxyl groups excluding tert-OH is 2. The molecule has 14 heavy (non-hydrogen) atoms. The fraction of sp³-hybridized carbons (Fsp3) is 0.455. The molecule has 3 heteroatoms. The van der Waals surface area contributed by atoms with Gasteiger partial charge in [0, 0.05) is 12.6 Å². The number of hydrogen-bond acceptors (Lipinski definition) is 3. The van der Waals surface area contributed by atoms with Crippen molar-refractivity contribution in [3.05, 3.63) is 35.9 Å². The van der Waals surface area contributed by atoms with Crippen molar-refractivity contribution in [1.29, 1.82) is 0 Å². The summed E-state index contributed by atoms with van der Waals surface area (Å²) in [5.74, 6) is 0. The van der Waals surface area contributed by atoms with Gasteiger partial charge in [0.15, 0.2) is 0 Å². The monoisotopic (exact) mass is 195 g/mol. The molecule has 0 amide bonds. The van der Waals surface area contributed by atoms with Crippen LogP contribution in [0.5, 0.6) is 0 Å². The van der Waals surface area contributed by atoms with Gasteiger partial charge in [0.2, 0.25) is 0 Å². The van der Waals surface area contributed by atoms with E-state index in [0.29, 0.717) is 6.54 Å². The van der Waals surface area contributed by atoms with Crippen molar-refractivity contribution in [1.82, 2.24) is 5.32 Å². The molecule has 0 bridgehead atoms. The molecule has 2 atom stereocenters. The van der Waals surface area contributed by atoms with Crippen LogP contribution in [0, 0.1) is 0 Å². The molecule has 0 fully saturated rings. The highest BCUT2D eigenvalue weighted by Crippen LogP contribution is 2.10. The lowest BCUT2D eigenvalue weighted by atomic mass is 10.1. The Morgan fingerprint density at radius 3 is 2.50 bits per heavy atom. The second-order valence-corrected chi connectivity index (χ2v) is 3.42. The molecule has 0 heterocycles. The topological polar surface area (TPSA) is 52.5 Å². The SMILES string of the molecule is C[C@H](CO)NC[C@@H](O)c1ccccc1. The van der Waals surface area contributed by atoms with Crippen LogP contribution in [-0.4, -0.2) is 29.4 Å². The Bertz CT molecular complexity index is 251. The van der Waals surface area contributed by atoms with Gasteiger partial charge < -0.3 is 15.5 Å². The molecule has 0 saturated heterocycles. The van der Waals surface area contributed by atoms with Crippen LogP contribution in [0.4, 0.5) is 0 Å². The lowest BCUT2D eigenvalue weighted by Gasteiger charge is -2.15. The fourth-order valence-electron chi connectivity index (χ4n) is 1.17. The second-order valence-electron chi connectivity index (χ2n) is 3.42. The van der Waals surface area contributed by atoms with Gasteiger partial charge in [0.25, 0.3) is 0 Å². The molecular weight excluding hydrogens is 178 g/mol. The van der Waals surface area contributed by atoms with Crippen molar-refractivity contribution in [2.45, 2.75) is 19.1 Å². The van der Waals surface area contributed by atoms with E-state index in [9.17, 15) is 5.11 Å². The minimum atomic E-state index is -0.509. The number of rotatable bonds is 5. The number of hydrogen-bond donors (Lipinski definition) is 3. The van der Waals surface area contributed by atoms with Gasteiger partial charge in [-0.15, -0.1) is 0 Å². The van der Waals surface area contributed by atoms with Crippen molar-refractivity contribution in [2.24, 2.45) is 0 Å². The predicted molar refractivity (Wildman–Crippen MR) is 56.0 cm³/mol. The van der Waals surface area contributed by atoms with E-state index in [1.165, 1.54) is 0 Å². The van der Waals surface area contributed by atoms with Crippen molar-refractivity contribution in [3.8, 4) is 0 Å². The molecule has 0 aliphatic rings. The molecule has 0 aromatic heterocycles. The zero-order valence-electron chi connectivity index (χ0n) is 8.35. The summed E-state index contributed by atoms with van der Waals surface area (Å²) in [7, 11) is 0. The maximum Gasteiger partial charge on any atom is 0.0914 e. The van der Waals surface area contributed by atoms with Gasteiger partial charge in [-0.25, -0.2) is 0 Å². The molecule has 1 aromatic carbocycles. The molecule has 78 valence electrons. The van der Waals surface area contributed by atoms with E-state index in [4.69, 9.17) is 5.11 Å². The Hall–Kier alpha value is -0.900.